The van der Waals surface area contributed by atoms with Crippen LogP contribution in [0.3, 0.4) is 0 Å². The van der Waals surface area contributed by atoms with E-state index in [9.17, 15) is 0 Å². The molecule has 0 spiro atoms. The molecular formula is C17H14N8. The quantitative estimate of drug-likeness (QED) is 0.588. The summed E-state index contributed by atoms with van der Waals surface area (Å²) in [5, 5.41) is 4.49. The first-order valence-electron chi connectivity index (χ1n) is 7.55. The monoisotopic (exact) mass is 330 g/mol. The topological polar surface area (TPSA) is 121 Å². The summed E-state index contributed by atoms with van der Waals surface area (Å²) >= 11 is 0. The summed E-state index contributed by atoms with van der Waals surface area (Å²) in [6.45, 7) is 0. The first-order valence-corrected chi connectivity index (χ1v) is 7.55. The fourth-order valence-corrected chi connectivity index (χ4v) is 2.39. The van der Waals surface area contributed by atoms with E-state index in [1.54, 1.807) is 18.3 Å². The molecule has 4 aromatic rings. The zero-order chi connectivity index (χ0) is 17.2. The van der Waals surface area contributed by atoms with Crippen molar-refractivity contribution in [3.63, 3.8) is 0 Å². The Morgan fingerprint density at radius 1 is 0.800 bits per heavy atom. The number of nitrogen functional groups attached to an aromatic ring is 2. The lowest BCUT2D eigenvalue weighted by atomic mass is 10.2. The van der Waals surface area contributed by atoms with E-state index in [2.05, 4.69) is 25.0 Å². The highest BCUT2D eigenvalue weighted by molar-refractivity contribution is 5.63. The highest BCUT2D eigenvalue weighted by Gasteiger charge is 2.14. The second kappa shape index (κ2) is 6.00. The van der Waals surface area contributed by atoms with Gasteiger partial charge >= 0.3 is 0 Å². The van der Waals surface area contributed by atoms with Crippen LogP contribution in [-0.2, 0) is 0 Å². The Morgan fingerprint density at radius 3 is 2.36 bits per heavy atom. The van der Waals surface area contributed by atoms with Gasteiger partial charge in [-0.3, -0.25) is 4.98 Å². The second-order valence-corrected chi connectivity index (χ2v) is 5.26. The normalized spacial score (nSPS) is 10.7. The van der Waals surface area contributed by atoms with Crippen LogP contribution in [0.2, 0.25) is 0 Å². The molecule has 0 aliphatic rings. The van der Waals surface area contributed by atoms with Crippen molar-refractivity contribution in [2.75, 3.05) is 11.5 Å². The molecule has 3 heterocycles. The van der Waals surface area contributed by atoms with E-state index >= 15 is 0 Å². The SMILES string of the molecule is Nc1nc(-c2ccccn2)nc(-n2nc(-c3ccccc3)cc2N)n1. The summed E-state index contributed by atoms with van der Waals surface area (Å²) in [7, 11) is 0. The standard InChI is InChI=1S/C17H14N8/c18-14-10-13(11-6-2-1-3-7-11)24-25(14)17-22-15(21-16(19)23-17)12-8-4-5-9-20-12/h1-10H,18H2,(H2,19,21,22,23). The third kappa shape index (κ3) is 2.88. The molecule has 0 saturated carbocycles. The van der Waals surface area contributed by atoms with Crippen molar-refractivity contribution in [1.29, 1.82) is 0 Å². The minimum Gasteiger partial charge on any atom is -0.383 e. The van der Waals surface area contributed by atoms with E-state index < -0.39 is 0 Å². The van der Waals surface area contributed by atoms with Crippen molar-refractivity contribution in [1.82, 2.24) is 29.7 Å². The zero-order valence-electron chi connectivity index (χ0n) is 13.1. The number of pyridine rings is 1. The van der Waals surface area contributed by atoms with E-state index in [0.717, 1.165) is 11.3 Å². The lowest BCUT2D eigenvalue weighted by molar-refractivity contribution is 0.812. The van der Waals surface area contributed by atoms with E-state index in [4.69, 9.17) is 11.5 Å². The number of nitrogens with two attached hydrogens (primary N) is 2. The molecule has 0 unspecified atom stereocenters. The predicted molar refractivity (Wildman–Crippen MR) is 94.4 cm³/mol. The Labute approximate surface area is 143 Å². The van der Waals surface area contributed by atoms with E-state index in [1.807, 2.05) is 42.5 Å². The molecule has 0 fully saturated rings. The number of nitrogens with zero attached hydrogens (tertiary/aromatic N) is 6. The number of rotatable bonds is 3. The van der Waals surface area contributed by atoms with Gasteiger partial charge in [-0.2, -0.15) is 24.7 Å². The van der Waals surface area contributed by atoms with Crippen molar-refractivity contribution in [2.45, 2.75) is 0 Å². The van der Waals surface area contributed by atoms with Gasteiger partial charge in [0.15, 0.2) is 5.82 Å². The van der Waals surface area contributed by atoms with Gasteiger partial charge in [0.2, 0.25) is 5.95 Å². The summed E-state index contributed by atoms with van der Waals surface area (Å²) < 4.78 is 1.44. The van der Waals surface area contributed by atoms with Gasteiger partial charge < -0.3 is 11.5 Å². The molecule has 1 aromatic carbocycles. The molecule has 0 aliphatic heterocycles. The number of hydrogen-bond donors (Lipinski definition) is 2. The highest BCUT2D eigenvalue weighted by Crippen LogP contribution is 2.22. The molecule has 0 saturated heterocycles. The van der Waals surface area contributed by atoms with Crippen molar-refractivity contribution >= 4 is 11.8 Å². The Hall–Kier alpha value is -3.81. The van der Waals surface area contributed by atoms with Crippen LogP contribution in [0.5, 0.6) is 0 Å². The van der Waals surface area contributed by atoms with Crippen LogP contribution >= 0.6 is 0 Å². The molecule has 4 rings (SSSR count). The molecule has 0 atom stereocenters. The maximum Gasteiger partial charge on any atom is 0.257 e. The minimum atomic E-state index is 0.0711. The molecule has 4 N–H and O–H groups in total. The van der Waals surface area contributed by atoms with Gasteiger partial charge in [-0.05, 0) is 12.1 Å². The highest BCUT2D eigenvalue weighted by atomic mass is 15.4. The number of hydrogen-bond acceptors (Lipinski definition) is 7. The Kier molecular flexibility index (Phi) is 3.55. The van der Waals surface area contributed by atoms with Gasteiger partial charge in [-0.25, -0.2) is 0 Å². The smallest absolute Gasteiger partial charge is 0.257 e. The fourth-order valence-electron chi connectivity index (χ4n) is 2.39. The summed E-state index contributed by atoms with van der Waals surface area (Å²) in [5.74, 6) is 1.07. The van der Waals surface area contributed by atoms with Crippen LogP contribution in [0.1, 0.15) is 0 Å². The maximum atomic E-state index is 6.09. The molecule has 0 aliphatic carbocycles. The van der Waals surface area contributed by atoms with Gasteiger partial charge in [-0.15, -0.1) is 0 Å². The molecular weight excluding hydrogens is 316 g/mol. The summed E-state index contributed by atoms with van der Waals surface area (Å²) in [4.78, 5) is 16.9. The van der Waals surface area contributed by atoms with Gasteiger partial charge in [0, 0.05) is 17.8 Å². The molecule has 0 bridgehead atoms. The van der Waals surface area contributed by atoms with Crippen LogP contribution < -0.4 is 11.5 Å². The largest absolute Gasteiger partial charge is 0.383 e. The molecule has 8 nitrogen and oxygen atoms in total. The van der Waals surface area contributed by atoms with E-state index in [-0.39, 0.29) is 11.9 Å². The maximum absolute atomic E-state index is 6.09. The van der Waals surface area contributed by atoms with Gasteiger partial charge in [0.05, 0.1) is 5.69 Å². The first-order chi connectivity index (χ1) is 12.2. The third-order valence-electron chi connectivity index (χ3n) is 3.53. The van der Waals surface area contributed by atoms with Crippen molar-refractivity contribution in [3.8, 4) is 28.7 Å². The fraction of sp³-hybridized carbons (Fsp3) is 0. The average molecular weight is 330 g/mol. The number of aromatic nitrogens is 6. The average Bonchev–Trinajstić information content (AvgIpc) is 3.04. The van der Waals surface area contributed by atoms with Crippen molar-refractivity contribution in [2.24, 2.45) is 0 Å². The third-order valence-corrected chi connectivity index (χ3v) is 3.53. The minimum absolute atomic E-state index is 0.0711. The second-order valence-electron chi connectivity index (χ2n) is 5.26. The molecule has 8 heteroatoms. The van der Waals surface area contributed by atoms with Gasteiger partial charge in [-0.1, -0.05) is 36.4 Å². The lowest BCUT2D eigenvalue weighted by Crippen LogP contribution is -2.11. The van der Waals surface area contributed by atoms with Gasteiger partial charge in [0.1, 0.15) is 11.5 Å². The molecule has 3 aromatic heterocycles. The van der Waals surface area contributed by atoms with Crippen LogP contribution in [0.4, 0.5) is 11.8 Å². The Bertz CT molecular complexity index is 1010. The Morgan fingerprint density at radius 2 is 1.60 bits per heavy atom. The van der Waals surface area contributed by atoms with E-state index in [1.165, 1.54) is 4.68 Å². The van der Waals surface area contributed by atoms with Crippen LogP contribution in [-0.4, -0.2) is 29.7 Å². The number of benzene rings is 1. The molecule has 0 amide bonds. The predicted octanol–water partition coefficient (Wildman–Crippen LogP) is 1.95. The molecule has 122 valence electrons. The molecule has 0 radical (unpaired) electrons. The van der Waals surface area contributed by atoms with Crippen molar-refractivity contribution in [3.05, 3.63) is 60.8 Å². The zero-order valence-corrected chi connectivity index (χ0v) is 13.1. The van der Waals surface area contributed by atoms with Crippen molar-refractivity contribution < 1.29 is 0 Å². The van der Waals surface area contributed by atoms with E-state index in [0.29, 0.717) is 17.3 Å². The van der Waals surface area contributed by atoms with Crippen LogP contribution in [0, 0.1) is 0 Å². The summed E-state index contributed by atoms with van der Waals surface area (Å²) in [5.41, 5.74) is 14.2. The lowest BCUT2D eigenvalue weighted by Gasteiger charge is -2.05. The first kappa shape index (κ1) is 14.8. The van der Waals surface area contributed by atoms with Crippen LogP contribution in [0.25, 0.3) is 28.7 Å². The summed E-state index contributed by atoms with van der Waals surface area (Å²) in [6.07, 6.45) is 1.66. The van der Waals surface area contributed by atoms with Gasteiger partial charge in [0.25, 0.3) is 5.95 Å². The molecule has 25 heavy (non-hydrogen) atoms. The number of anilines is 2. The van der Waals surface area contributed by atoms with Crippen LogP contribution in [0.15, 0.2) is 60.8 Å². The Balaban J connectivity index is 1.80. The summed E-state index contributed by atoms with van der Waals surface area (Å²) in [6, 6.07) is 16.9.